The van der Waals surface area contributed by atoms with Crippen molar-refractivity contribution in [2.75, 3.05) is 20.8 Å². The first-order valence-electron chi connectivity index (χ1n) is 12.6. The summed E-state index contributed by atoms with van der Waals surface area (Å²) >= 11 is 12.2. The smallest absolute Gasteiger partial charge is 0.315 e. The summed E-state index contributed by atoms with van der Waals surface area (Å²) < 4.78 is 14.8. The number of benzene rings is 2. The summed E-state index contributed by atoms with van der Waals surface area (Å²) in [5.74, 6) is 0.552. The van der Waals surface area contributed by atoms with Crippen LogP contribution in [0.4, 0.5) is 0 Å². The molecule has 0 N–H and O–H groups in total. The molecule has 7 nitrogen and oxygen atoms in total. The lowest BCUT2D eigenvalue weighted by Gasteiger charge is -2.29. The van der Waals surface area contributed by atoms with E-state index >= 15 is 0 Å². The maximum absolute atomic E-state index is 13.5. The summed E-state index contributed by atoms with van der Waals surface area (Å²) in [6.07, 6.45) is 5.13. The van der Waals surface area contributed by atoms with Crippen LogP contribution >= 0.6 is 23.2 Å². The SMILES string of the molecule is COc1ccc(/C=C2\CCC[C@H]3C2=NN(C(=O)COC(=O)[C@]2(C)CC2(Cl)Cl)[C@@H]3c2ccc(OC)cc2)cc1. The van der Waals surface area contributed by atoms with Gasteiger partial charge in [0.2, 0.25) is 0 Å². The summed E-state index contributed by atoms with van der Waals surface area (Å²) in [7, 11) is 3.26. The third-order valence-electron chi connectivity index (χ3n) is 7.71. The van der Waals surface area contributed by atoms with E-state index in [9.17, 15) is 9.59 Å². The van der Waals surface area contributed by atoms with Crippen molar-refractivity contribution < 1.29 is 23.8 Å². The molecule has 0 aromatic heterocycles. The Labute approximate surface area is 232 Å². The van der Waals surface area contributed by atoms with Gasteiger partial charge in [-0.25, -0.2) is 5.01 Å². The molecular weight excluding hydrogens is 527 g/mol. The van der Waals surface area contributed by atoms with Crippen molar-refractivity contribution >= 4 is 46.9 Å². The van der Waals surface area contributed by atoms with E-state index in [0.29, 0.717) is 0 Å². The number of esters is 1. The molecule has 2 fully saturated rings. The van der Waals surface area contributed by atoms with Gasteiger partial charge >= 0.3 is 5.97 Å². The van der Waals surface area contributed by atoms with Crippen molar-refractivity contribution in [1.29, 1.82) is 0 Å². The number of rotatable bonds is 7. The number of allylic oxidation sites excluding steroid dienone is 1. The predicted octanol–water partition coefficient (Wildman–Crippen LogP) is 5.95. The minimum Gasteiger partial charge on any atom is -0.497 e. The van der Waals surface area contributed by atoms with Gasteiger partial charge in [-0.3, -0.25) is 9.59 Å². The Balaban J connectivity index is 1.43. The van der Waals surface area contributed by atoms with Gasteiger partial charge in [0.25, 0.3) is 5.91 Å². The average Bonchev–Trinajstić information content (AvgIpc) is 3.25. The molecule has 0 radical (unpaired) electrons. The van der Waals surface area contributed by atoms with E-state index in [1.165, 1.54) is 5.01 Å². The molecule has 9 heteroatoms. The number of fused-ring (bicyclic) bond motifs is 1. The maximum Gasteiger partial charge on any atom is 0.315 e. The molecule has 0 saturated heterocycles. The molecule has 1 aliphatic heterocycles. The van der Waals surface area contributed by atoms with Crippen LogP contribution in [0.5, 0.6) is 11.5 Å². The summed E-state index contributed by atoms with van der Waals surface area (Å²) in [5.41, 5.74) is 2.95. The van der Waals surface area contributed by atoms with Gasteiger partial charge in [-0.1, -0.05) is 24.3 Å². The molecule has 5 rings (SSSR count). The number of ether oxygens (including phenoxy) is 3. The van der Waals surface area contributed by atoms with Crippen LogP contribution in [0, 0.1) is 11.3 Å². The summed E-state index contributed by atoms with van der Waals surface area (Å²) in [5, 5.41) is 6.32. The van der Waals surface area contributed by atoms with Gasteiger partial charge in [-0.15, -0.1) is 23.2 Å². The zero-order valence-corrected chi connectivity index (χ0v) is 23.1. The molecule has 2 aromatic rings. The third-order valence-corrected chi connectivity index (χ3v) is 8.81. The first kappa shape index (κ1) is 26.6. The van der Waals surface area contributed by atoms with Crippen LogP contribution in [0.2, 0.25) is 0 Å². The highest BCUT2D eigenvalue weighted by Gasteiger charge is 2.69. The Bertz CT molecular complexity index is 1290. The number of halogens is 2. The largest absolute Gasteiger partial charge is 0.497 e. The third kappa shape index (κ3) is 4.90. The molecule has 0 bridgehead atoms. The Hall–Kier alpha value is -3.03. The number of amides is 1. The van der Waals surface area contributed by atoms with E-state index in [1.54, 1.807) is 21.1 Å². The molecule has 3 atom stereocenters. The summed E-state index contributed by atoms with van der Waals surface area (Å²) in [6, 6.07) is 15.2. The van der Waals surface area contributed by atoms with Crippen LogP contribution in [0.1, 0.15) is 49.8 Å². The van der Waals surface area contributed by atoms with Gasteiger partial charge in [0.05, 0.1) is 26.0 Å². The zero-order chi connectivity index (χ0) is 27.1. The number of carbonyl (C=O) groups is 2. The van der Waals surface area contributed by atoms with E-state index in [-0.39, 0.29) is 18.4 Å². The molecule has 3 aliphatic rings. The van der Waals surface area contributed by atoms with Crippen LogP contribution in [0.15, 0.2) is 59.2 Å². The Morgan fingerprint density at radius 2 is 1.66 bits per heavy atom. The van der Waals surface area contributed by atoms with Crippen molar-refractivity contribution in [3.63, 3.8) is 0 Å². The Morgan fingerprint density at radius 1 is 1.05 bits per heavy atom. The number of hydrazone groups is 1. The fraction of sp³-hybridized carbons (Fsp3) is 0.414. The standard InChI is InChI=1S/C29H30Cl2N2O5/c1-28(17-29(28,30)31)27(35)38-16-24(34)33-26(19-9-13-22(37-3)14-10-19)23-6-4-5-20(25(23)32-33)15-18-7-11-21(36-2)12-8-18/h7-15,23,26H,4-6,16-17H2,1-3H3/b20-15+/t23-,26+,28-/m0/s1. The van der Waals surface area contributed by atoms with Crippen LogP contribution < -0.4 is 9.47 Å². The monoisotopic (exact) mass is 556 g/mol. The second-order valence-electron chi connectivity index (χ2n) is 10.2. The number of methoxy groups -OCH3 is 2. The van der Waals surface area contributed by atoms with Gasteiger partial charge in [0, 0.05) is 12.3 Å². The molecule has 38 heavy (non-hydrogen) atoms. The van der Waals surface area contributed by atoms with Crippen LogP contribution in [-0.2, 0) is 14.3 Å². The molecule has 1 heterocycles. The molecular formula is C29H30Cl2N2O5. The molecule has 0 spiro atoms. The lowest BCUT2D eigenvalue weighted by Crippen LogP contribution is -2.35. The maximum atomic E-state index is 13.5. The Morgan fingerprint density at radius 3 is 2.24 bits per heavy atom. The number of hydrogen-bond acceptors (Lipinski definition) is 6. The molecule has 2 saturated carbocycles. The van der Waals surface area contributed by atoms with E-state index in [0.717, 1.165) is 53.2 Å². The van der Waals surface area contributed by atoms with Gasteiger partial charge in [0.1, 0.15) is 21.2 Å². The van der Waals surface area contributed by atoms with E-state index in [4.69, 9.17) is 42.5 Å². The molecule has 2 aromatic carbocycles. The number of alkyl halides is 2. The normalized spacial score (nSPS) is 26.4. The second kappa shape index (κ2) is 10.3. The van der Waals surface area contributed by atoms with E-state index in [2.05, 4.69) is 6.08 Å². The van der Waals surface area contributed by atoms with Gasteiger partial charge in [-0.2, -0.15) is 5.10 Å². The molecule has 0 unspecified atom stereocenters. The van der Waals surface area contributed by atoms with Crippen LogP contribution in [0.25, 0.3) is 6.08 Å². The molecule has 2 aliphatic carbocycles. The zero-order valence-electron chi connectivity index (χ0n) is 21.6. The van der Waals surface area contributed by atoms with Crippen molar-refractivity contribution in [2.24, 2.45) is 16.4 Å². The quantitative estimate of drug-likeness (QED) is 0.311. The van der Waals surface area contributed by atoms with Crippen molar-refractivity contribution in [1.82, 2.24) is 5.01 Å². The lowest BCUT2D eigenvalue weighted by molar-refractivity contribution is -0.157. The number of nitrogens with zero attached hydrogens (tertiary/aromatic N) is 2. The lowest BCUT2D eigenvalue weighted by atomic mass is 9.77. The second-order valence-corrected chi connectivity index (χ2v) is 11.7. The highest BCUT2D eigenvalue weighted by atomic mass is 35.5. The first-order chi connectivity index (χ1) is 18.2. The Kier molecular flexibility index (Phi) is 7.18. The molecule has 200 valence electrons. The highest BCUT2D eigenvalue weighted by molar-refractivity contribution is 6.53. The van der Waals surface area contributed by atoms with Gasteiger partial charge in [-0.05, 0) is 73.2 Å². The first-order valence-corrected chi connectivity index (χ1v) is 13.4. The van der Waals surface area contributed by atoms with E-state index < -0.39 is 28.2 Å². The fourth-order valence-electron chi connectivity index (χ4n) is 5.22. The van der Waals surface area contributed by atoms with E-state index in [1.807, 2.05) is 48.5 Å². The van der Waals surface area contributed by atoms with Crippen molar-refractivity contribution in [3.05, 3.63) is 65.2 Å². The number of carbonyl (C=O) groups excluding carboxylic acids is 2. The predicted molar refractivity (Wildman–Crippen MR) is 146 cm³/mol. The molecule has 1 amide bonds. The average molecular weight is 557 g/mol. The topological polar surface area (TPSA) is 77.4 Å². The summed E-state index contributed by atoms with van der Waals surface area (Å²) in [6.45, 7) is 1.20. The fourth-order valence-corrected chi connectivity index (χ4v) is 5.91. The van der Waals surface area contributed by atoms with Crippen LogP contribution in [-0.4, -0.2) is 47.8 Å². The van der Waals surface area contributed by atoms with Crippen molar-refractivity contribution in [3.8, 4) is 11.5 Å². The van der Waals surface area contributed by atoms with Gasteiger partial charge < -0.3 is 14.2 Å². The minimum absolute atomic E-state index is 0.0144. The van der Waals surface area contributed by atoms with Gasteiger partial charge in [0.15, 0.2) is 6.61 Å². The number of hydrogen-bond donors (Lipinski definition) is 0. The highest BCUT2D eigenvalue weighted by Crippen LogP contribution is 2.64. The minimum atomic E-state index is -1.16. The summed E-state index contributed by atoms with van der Waals surface area (Å²) in [4.78, 5) is 26.1. The van der Waals surface area contributed by atoms with Crippen LogP contribution in [0.3, 0.4) is 0 Å². The van der Waals surface area contributed by atoms with Crippen molar-refractivity contribution in [2.45, 2.75) is 43.0 Å².